The highest BCUT2D eigenvalue weighted by Gasteiger charge is 2.57. The fourth-order valence-corrected chi connectivity index (χ4v) is 4.41. The van der Waals surface area contributed by atoms with Crippen molar-refractivity contribution >= 4 is 22.4 Å². The summed E-state index contributed by atoms with van der Waals surface area (Å²) in [6.07, 6.45) is 0. The maximum atomic E-state index is 13.4. The van der Waals surface area contributed by atoms with Gasteiger partial charge in [-0.3, -0.25) is 4.79 Å². The van der Waals surface area contributed by atoms with Crippen LogP contribution in [-0.2, 0) is 20.1 Å². The third-order valence-corrected chi connectivity index (χ3v) is 5.73. The summed E-state index contributed by atoms with van der Waals surface area (Å²) in [6.45, 7) is 5.64. The third kappa shape index (κ3) is 2.73. The molecular weight excluding hydrogens is 366 g/mol. The molecule has 1 saturated heterocycles. The number of carbonyl (C=O) groups is 1. The van der Waals surface area contributed by atoms with E-state index >= 15 is 0 Å². The van der Waals surface area contributed by atoms with E-state index in [-0.39, 0.29) is 5.91 Å². The highest BCUT2D eigenvalue weighted by Crippen LogP contribution is 2.48. The lowest BCUT2D eigenvalue weighted by atomic mass is 9.98. The first kappa shape index (κ1) is 18.2. The summed E-state index contributed by atoms with van der Waals surface area (Å²) in [7, 11) is 0. The zero-order valence-electron chi connectivity index (χ0n) is 16.6. The van der Waals surface area contributed by atoms with Gasteiger partial charge in [0.25, 0.3) is 11.7 Å². The van der Waals surface area contributed by atoms with Crippen LogP contribution in [0.15, 0.2) is 54.6 Å². The van der Waals surface area contributed by atoms with Crippen LogP contribution in [-0.4, -0.2) is 32.3 Å². The molecule has 2 heterocycles. The SMILES string of the molecule is Cc1ccc(C)c2c1N(CCOc1cccc3ccccc13)C(=O)C21OCCO1. The van der Waals surface area contributed by atoms with Gasteiger partial charge in [-0.25, -0.2) is 0 Å². The first-order valence-electron chi connectivity index (χ1n) is 9.93. The van der Waals surface area contributed by atoms with Gasteiger partial charge in [0.05, 0.1) is 25.4 Å². The van der Waals surface area contributed by atoms with E-state index in [4.69, 9.17) is 14.2 Å². The van der Waals surface area contributed by atoms with Gasteiger partial charge in [0.1, 0.15) is 12.4 Å². The lowest BCUT2D eigenvalue weighted by Gasteiger charge is -2.22. The molecule has 3 aromatic rings. The maximum absolute atomic E-state index is 13.4. The summed E-state index contributed by atoms with van der Waals surface area (Å²) in [6, 6.07) is 18.2. The normalized spacial score (nSPS) is 17.3. The molecule has 0 bridgehead atoms. The molecule has 5 rings (SSSR count). The van der Waals surface area contributed by atoms with Crippen molar-refractivity contribution < 1.29 is 19.0 Å². The fourth-order valence-electron chi connectivity index (χ4n) is 4.41. The molecule has 1 fully saturated rings. The van der Waals surface area contributed by atoms with E-state index in [0.717, 1.165) is 38.9 Å². The predicted octanol–water partition coefficient (Wildman–Crippen LogP) is 4.08. The van der Waals surface area contributed by atoms with Crippen LogP contribution >= 0.6 is 0 Å². The Kier molecular flexibility index (Phi) is 4.30. The van der Waals surface area contributed by atoms with Crippen LogP contribution in [0.25, 0.3) is 10.8 Å². The average Bonchev–Trinajstić information content (AvgIpc) is 3.32. The number of rotatable bonds is 4. The standard InChI is InChI=1S/C24H23NO4/c1-16-10-11-17(2)22-21(16)24(28-14-15-29-24)23(26)25(22)12-13-27-20-9-5-7-18-6-3-4-8-19(18)20/h3-11H,12-15H2,1-2H3. The Morgan fingerprint density at radius 2 is 1.69 bits per heavy atom. The molecule has 5 heteroatoms. The van der Waals surface area contributed by atoms with Gasteiger partial charge in [-0.05, 0) is 36.4 Å². The van der Waals surface area contributed by atoms with Crippen LogP contribution < -0.4 is 9.64 Å². The largest absolute Gasteiger partial charge is 0.491 e. The van der Waals surface area contributed by atoms with Crippen molar-refractivity contribution in [1.82, 2.24) is 0 Å². The number of carbonyl (C=O) groups excluding carboxylic acids is 1. The van der Waals surface area contributed by atoms with E-state index in [2.05, 4.69) is 12.1 Å². The van der Waals surface area contributed by atoms with Crippen LogP contribution in [0.5, 0.6) is 5.75 Å². The lowest BCUT2D eigenvalue weighted by Crippen LogP contribution is -2.42. The zero-order valence-corrected chi connectivity index (χ0v) is 16.6. The highest BCUT2D eigenvalue weighted by molar-refractivity contribution is 6.07. The van der Waals surface area contributed by atoms with Gasteiger partial charge in [-0.2, -0.15) is 0 Å². The van der Waals surface area contributed by atoms with Crippen LogP contribution in [0, 0.1) is 13.8 Å². The molecule has 0 aliphatic carbocycles. The van der Waals surface area contributed by atoms with Gasteiger partial charge >= 0.3 is 0 Å². The van der Waals surface area contributed by atoms with Gasteiger partial charge in [-0.15, -0.1) is 0 Å². The van der Waals surface area contributed by atoms with Crippen LogP contribution in [0.1, 0.15) is 16.7 Å². The van der Waals surface area contributed by atoms with Crippen molar-refractivity contribution in [3.63, 3.8) is 0 Å². The summed E-state index contributed by atoms with van der Waals surface area (Å²) >= 11 is 0. The molecule has 3 aromatic carbocycles. The number of ether oxygens (including phenoxy) is 3. The first-order valence-corrected chi connectivity index (χ1v) is 9.93. The molecule has 2 aliphatic rings. The number of nitrogens with zero attached hydrogens (tertiary/aromatic N) is 1. The van der Waals surface area contributed by atoms with Crippen molar-refractivity contribution in [2.75, 3.05) is 31.3 Å². The molecule has 1 amide bonds. The Morgan fingerprint density at radius 1 is 0.966 bits per heavy atom. The van der Waals surface area contributed by atoms with Crippen molar-refractivity contribution in [3.05, 3.63) is 71.3 Å². The minimum absolute atomic E-state index is 0.163. The Labute approximate surface area is 169 Å². The predicted molar refractivity (Wildman–Crippen MR) is 111 cm³/mol. The molecule has 5 nitrogen and oxygen atoms in total. The fraction of sp³-hybridized carbons (Fsp3) is 0.292. The number of hydrogen-bond acceptors (Lipinski definition) is 4. The van der Waals surface area contributed by atoms with Gasteiger partial charge in [0.15, 0.2) is 0 Å². The van der Waals surface area contributed by atoms with Crippen LogP contribution in [0.4, 0.5) is 5.69 Å². The maximum Gasteiger partial charge on any atom is 0.292 e. The number of amides is 1. The van der Waals surface area contributed by atoms with E-state index in [1.54, 1.807) is 4.90 Å². The molecule has 148 valence electrons. The van der Waals surface area contributed by atoms with Crippen molar-refractivity contribution in [2.45, 2.75) is 19.6 Å². The topological polar surface area (TPSA) is 48.0 Å². The molecule has 2 aliphatic heterocycles. The van der Waals surface area contributed by atoms with Gasteiger partial charge in [-0.1, -0.05) is 48.5 Å². The van der Waals surface area contributed by atoms with E-state index in [1.165, 1.54) is 0 Å². The molecule has 29 heavy (non-hydrogen) atoms. The van der Waals surface area contributed by atoms with Crippen LogP contribution in [0.2, 0.25) is 0 Å². The van der Waals surface area contributed by atoms with Gasteiger partial charge in [0.2, 0.25) is 0 Å². The van der Waals surface area contributed by atoms with Gasteiger partial charge < -0.3 is 19.1 Å². The second-order valence-corrected chi connectivity index (χ2v) is 7.52. The number of anilines is 1. The monoisotopic (exact) mass is 389 g/mol. The van der Waals surface area contributed by atoms with Crippen LogP contribution in [0.3, 0.4) is 0 Å². The number of hydrogen-bond donors (Lipinski definition) is 0. The van der Waals surface area contributed by atoms with Crippen molar-refractivity contribution in [2.24, 2.45) is 0 Å². The summed E-state index contributed by atoms with van der Waals surface area (Å²) < 4.78 is 17.8. The van der Waals surface area contributed by atoms with Crippen molar-refractivity contribution in [1.29, 1.82) is 0 Å². The second-order valence-electron chi connectivity index (χ2n) is 7.52. The lowest BCUT2D eigenvalue weighted by molar-refractivity contribution is -0.180. The summed E-state index contributed by atoms with van der Waals surface area (Å²) in [5.41, 5.74) is 3.75. The Hall–Kier alpha value is -2.89. The van der Waals surface area contributed by atoms with Gasteiger partial charge in [0, 0.05) is 10.9 Å². The van der Waals surface area contributed by atoms with E-state index < -0.39 is 5.79 Å². The first-order chi connectivity index (χ1) is 14.1. The summed E-state index contributed by atoms with van der Waals surface area (Å²) in [4.78, 5) is 15.1. The number of aryl methyl sites for hydroxylation is 2. The highest BCUT2D eigenvalue weighted by atomic mass is 16.7. The van der Waals surface area contributed by atoms with Crippen molar-refractivity contribution in [3.8, 4) is 5.75 Å². The second kappa shape index (κ2) is 6.87. The minimum atomic E-state index is -1.30. The van der Waals surface area contributed by atoms with E-state index in [0.29, 0.717) is 26.4 Å². The Balaban J connectivity index is 1.44. The third-order valence-electron chi connectivity index (χ3n) is 5.73. The summed E-state index contributed by atoms with van der Waals surface area (Å²) in [5.74, 6) is -0.645. The molecule has 0 unspecified atom stereocenters. The van der Waals surface area contributed by atoms with E-state index in [1.807, 2.05) is 56.3 Å². The number of fused-ring (bicyclic) bond motifs is 3. The molecule has 0 saturated carbocycles. The molecule has 0 radical (unpaired) electrons. The molecule has 0 atom stereocenters. The smallest absolute Gasteiger partial charge is 0.292 e. The van der Waals surface area contributed by atoms with E-state index in [9.17, 15) is 4.79 Å². The Bertz CT molecular complexity index is 1100. The molecular formula is C24H23NO4. The quantitative estimate of drug-likeness (QED) is 0.675. The molecule has 1 spiro atoms. The summed E-state index contributed by atoms with van der Waals surface area (Å²) in [5, 5.41) is 2.19. The molecule has 0 aromatic heterocycles. The average molecular weight is 389 g/mol. The minimum Gasteiger partial charge on any atom is -0.491 e. The molecule has 0 N–H and O–H groups in total. The number of benzene rings is 3. The Morgan fingerprint density at radius 3 is 2.52 bits per heavy atom. The zero-order chi connectivity index (χ0) is 20.0.